The molecule has 1 aliphatic rings. The number of ether oxygens (including phenoxy) is 1. The number of nitrogens with zero attached hydrogens (tertiary/aromatic N) is 1. The van der Waals surface area contributed by atoms with E-state index in [0.29, 0.717) is 17.0 Å². The third-order valence-corrected chi connectivity index (χ3v) is 5.55. The van der Waals surface area contributed by atoms with Crippen LogP contribution in [0.1, 0.15) is 33.5 Å². The number of pyridine rings is 1. The fourth-order valence-electron chi connectivity index (χ4n) is 4.00. The summed E-state index contributed by atoms with van der Waals surface area (Å²) in [6.45, 7) is 1.79. The van der Waals surface area contributed by atoms with Crippen LogP contribution in [0.2, 0.25) is 0 Å². The van der Waals surface area contributed by atoms with Crippen LogP contribution in [-0.2, 0) is 12.8 Å². The summed E-state index contributed by atoms with van der Waals surface area (Å²) >= 11 is 0. The molecule has 5 nitrogen and oxygen atoms in total. The molecular formula is C24H24N2O3. The van der Waals surface area contributed by atoms with E-state index in [-0.39, 0.29) is 23.1 Å². The molecule has 5 heteroatoms. The molecule has 1 heterocycles. The maximum Gasteiger partial charge on any atom is 0.268 e. The van der Waals surface area contributed by atoms with Gasteiger partial charge in [-0.3, -0.25) is 14.2 Å². The SMILES string of the molecule is COc1ccccc1-n1ccc(C)c(C(=O)NC2CCc3ccccc3C2)c1=O. The zero-order valence-corrected chi connectivity index (χ0v) is 16.6. The molecule has 0 spiro atoms. The fraction of sp³-hybridized carbons (Fsp3) is 0.250. The maximum absolute atomic E-state index is 13.2. The zero-order chi connectivity index (χ0) is 20.4. The number of carbonyl (C=O) groups excluding carboxylic acids is 1. The highest BCUT2D eigenvalue weighted by Gasteiger charge is 2.23. The lowest BCUT2D eigenvalue weighted by Crippen LogP contribution is -2.42. The maximum atomic E-state index is 13.2. The second-order valence-corrected chi connectivity index (χ2v) is 7.40. The van der Waals surface area contributed by atoms with Crippen molar-refractivity contribution in [2.45, 2.75) is 32.2 Å². The molecule has 1 aliphatic carbocycles. The monoisotopic (exact) mass is 388 g/mol. The number of aromatic nitrogens is 1. The molecule has 1 N–H and O–H groups in total. The Balaban J connectivity index is 1.63. The minimum Gasteiger partial charge on any atom is -0.495 e. The molecule has 0 aliphatic heterocycles. The molecule has 0 bridgehead atoms. The molecule has 0 saturated heterocycles. The average molecular weight is 388 g/mol. The summed E-state index contributed by atoms with van der Waals surface area (Å²) in [6.07, 6.45) is 4.27. The summed E-state index contributed by atoms with van der Waals surface area (Å²) in [5.41, 5.74) is 3.71. The Kier molecular flexibility index (Phi) is 5.21. The highest BCUT2D eigenvalue weighted by Crippen LogP contribution is 2.23. The van der Waals surface area contributed by atoms with E-state index >= 15 is 0 Å². The number of aryl methyl sites for hydroxylation is 2. The van der Waals surface area contributed by atoms with Crippen LogP contribution < -0.4 is 15.6 Å². The van der Waals surface area contributed by atoms with Crippen molar-refractivity contribution < 1.29 is 9.53 Å². The smallest absolute Gasteiger partial charge is 0.268 e. The third-order valence-electron chi connectivity index (χ3n) is 5.55. The van der Waals surface area contributed by atoms with Crippen molar-refractivity contribution in [2.24, 2.45) is 0 Å². The van der Waals surface area contributed by atoms with Gasteiger partial charge in [0.2, 0.25) is 0 Å². The van der Waals surface area contributed by atoms with Crippen LogP contribution in [0.5, 0.6) is 5.75 Å². The second kappa shape index (κ2) is 7.95. The van der Waals surface area contributed by atoms with Crippen LogP contribution in [0.15, 0.2) is 65.6 Å². The Hall–Kier alpha value is -3.34. The van der Waals surface area contributed by atoms with Crippen molar-refractivity contribution in [1.29, 1.82) is 0 Å². The first kappa shape index (κ1) is 19.0. The number of benzene rings is 2. The van der Waals surface area contributed by atoms with Crippen molar-refractivity contribution >= 4 is 5.91 Å². The van der Waals surface area contributed by atoms with Gasteiger partial charge in [-0.05, 0) is 61.1 Å². The first-order valence-corrected chi connectivity index (χ1v) is 9.82. The van der Waals surface area contributed by atoms with Crippen molar-refractivity contribution in [3.05, 3.63) is 93.4 Å². The van der Waals surface area contributed by atoms with Crippen LogP contribution in [0, 0.1) is 6.92 Å². The second-order valence-electron chi connectivity index (χ2n) is 7.40. The van der Waals surface area contributed by atoms with Gasteiger partial charge in [0.1, 0.15) is 11.3 Å². The molecular weight excluding hydrogens is 364 g/mol. The van der Waals surface area contributed by atoms with Gasteiger partial charge in [-0.25, -0.2) is 0 Å². The summed E-state index contributed by atoms with van der Waals surface area (Å²) in [5, 5.41) is 3.08. The Labute approximate surface area is 170 Å². The van der Waals surface area contributed by atoms with E-state index in [0.717, 1.165) is 19.3 Å². The summed E-state index contributed by atoms with van der Waals surface area (Å²) < 4.78 is 6.85. The van der Waals surface area contributed by atoms with E-state index < -0.39 is 0 Å². The van der Waals surface area contributed by atoms with E-state index in [2.05, 4.69) is 17.4 Å². The van der Waals surface area contributed by atoms with Crippen molar-refractivity contribution in [3.8, 4) is 11.4 Å². The highest BCUT2D eigenvalue weighted by atomic mass is 16.5. The molecule has 1 aromatic heterocycles. The van der Waals surface area contributed by atoms with E-state index in [1.165, 1.54) is 15.7 Å². The molecule has 0 saturated carbocycles. The number of methoxy groups -OCH3 is 1. The Morgan fingerprint density at radius 3 is 2.59 bits per heavy atom. The summed E-state index contributed by atoms with van der Waals surface area (Å²) in [7, 11) is 1.56. The van der Waals surface area contributed by atoms with Gasteiger partial charge < -0.3 is 10.1 Å². The molecule has 3 aromatic rings. The highest BCUT2D eigenvalue weighted by molar-refractivity contribution is 5.95. The molecule has 1 atom stereocenters. The number of amides is 1. The van der Waals surface area contributed by atoms with Crippen LogP contribution >= 0.6 is 0 Å². The van der Waals surface area contributed by atoms with Crippen molar-refractivity contribution in [2.75, 3.05) is 7.11 Å². The third kappa shape index (κ3) is 3.68. The van der Waals surface area contributed by atoms with Crippen LogP contribution in [0.4, 0.5) is 0 Å². The average Bonchev–Trinajstić information content (AvgIpc) is 2.74. The summed E-state index contributed by atoms with van der Waals surface area (Å²) in [4.78, 5) is 26.2. The summed E-state index contributed by atoms with van der Waals surface area (Å²) in [5.74, 6) is 0.259. The van der Waals surface area contributed by atoms with Gasteiger partial charge in [-0.2, -0.15) is 0 Å². The number of fused-ring (bicyclic) bond motifs is 1. The number of carbonyl (C=O) groups is 1. The number of hydrogen-bond acceptors (Lipinski definition) is 3. The quantitative estimate of drug-likeness (QED) is 0.745. The van der Waals surface area contributed by atoms with Crippen LogP contribution in [0.3, 0.4) is 0 Å². The Bertz CT molecular complexity index is 1120. The molecule has 2 aromatic carbocycles. The van der Waals surface area contributed by atoms with Gasteiger partial charge in [0, 0.05) is 12.2 Å². The molecule has 0 fully saturated rings. The lowest BCUT2D eigenvalue weighted by molar-refractivity contribution is 0.0931. The zero-order valence-electron chi connectivity index (χ0n) is 16.6. The van der Waals surface area contributed by atoms with Gasteiger partial charge in [-0.1, -0.05) is 36.4 Å². The van der Waals surface area contributed by atoms with Crippen LogP contribution in [0.25, 0.3) is 5.69 Å². The molecule has 148 valence electrons. The summed E-state index contributed by atoms with van der Waals surface area (Å²) in [6, 6.07) is 17.4. The van der Waals surface area contributed by atoms with Gasteiger partial charge >= 0.3 is 0 Å². The Morgan fingerprint density at radius 2 is 1.79 bits per heavy atom. The molecule has 0 radical (unpaired) electrons. The largest absolute Gasteiger partial charge is 0.495 e. The standard InChI is InChI=1S/C24H24N2O3/c1-16-13-14-26(20-9-5-6-10-21(20)29-2)24(28)22(16)23(27)25-19-12-11-17-7-3-4-8-18(17)15-19/h3-10,13-14,19H,11-12,15H2,1-2H3,(H,25,27). The van der Waals surface area contributed by atoms with Crippen LogP contribution in [-0.4, -0.2) is 23.6 Å². The Morgan fingerprint density at radius 1 is 1.07 bits per heavy atom. The van der Waals surface area contributed by atoms with E-state index in [1.807, 2.05) is 24.3 Å². The lowest BCUT2D eigenvalue weighted by Gasteiger charge is -2.25. The molecule has 29 heavy (non-hydrogen) atoms. The minimum absolute atomic E-state index is 0.0242. The number of nitrogens with one attached hydrogen (secondary N) is 1. The first-order valence-electron chi connectivity index (χ1n) is 9.82. The van der Waals surface area contributed by atoms with Gasteiger partial charge in [0.05, 0.1) is 12.8 Å². The number of hydrogen-bond donors (Lipinski definition) is 1. The van der Waals surface area contributed by atoms with Gasteiger partial charge in [-0.15, -0.1) is 0 Å². The normalized spacial score (nSPS) is 15.4. The molecule has 1 unspecified atom stereocenters. The predicted molar refractivity (Wildman–Crippen MR) is 113 cm³/mol. The molecule has 1 amide bonds. The number of rotatable bonds is 4. The minimum atomic E-state index is -0.344. The van der Waals surface area contributed by atoms with E-state index in [1.54, 1.807) is 38.4 Å². The first-order chi connectivity index (χ1) is 14.1. The fourth-order valence-corrected chi connectivity index (χ4v) is 4.00. The van der Waals surface area contributed by atoms with E-state index in [9.17, 15) is 9.59 Å². The van der Waals surface area contributed by atoms with Crippen molar-refractivity contribution in [1.82, 2.24) is 9.88 Å². The lowest BCUT2D eigenvalue weighted by atomic mass is 9.88. The molecule has 4 rings (SSSR count). The van der Waals surface area contributed by atoms with Gasteiger partial charge in [0.25, 0.3) is 11.5 Å². The predicted octanol–water partition coefficient (Wildman–Crippen LogP) is 3.44. The number of para-hydroxylation sites is 2. The van der Waals surface area contributed by atoms with E-state index in [4.69, 9.17) is 4.74 Å². The van der Waals surface area contributed by atoms with Gasteiger partial charge in [0.15, 0.2) is 0 Å². The van der Waals surface area contributed by atoms with Crippen molar-refractivity contribution in [3.63, 3.8) is 0 Å². The topological polar surface area (TPSA) is 60.3 Å².